The van der Waals surface area contributed by atoms with E-state index < -0.39 is 0 Å². The van der Waals surface area contributed by atoms with E-state index in [1.54, 1.807) is 6.07 Å². The van der Waals surface area contributed by atoms with Crippen molar-refractivity contribution in [2.24, 2.45) is 0 Å². The Bertz CT molecular complexity index is 980. The number of nitrogens with zero attached hydrogens (tertiary/aromatic N) is 1. The summed E-state index contributed by atoms with van der Waals surface area (Å²) in [6, 6.07) is 17.4. The van der Waals surface area contributed by atoms with Crippen LogP contribution in [0.25, 0.3) is 11.5 Å². The summed E-state index contributed by atoms with van der Waals surface area (Å²) in [7, 11) is 0. The van der Waals surface area contributed by atoms with E-state index in [-0.39, 0.29) is 11.8 Å². The zero-order chi connectivity index (χ0) is 20.6. The van der Waals surface area contributed by atoms with Gasteiger partial charge in [0.1, 0.15) is 11.5 Å². The van der Waals surface area contributed by atoms with Gasteiger partial charge in [0.15, 0.2) is 0 Å². The number of rotatable bonds is 8. The molecular formula is C23H25N3O3. The fraction of sp³-hybridized carbons (Fsp3) is 0.261. The molecule has 0 bridgehead atoms. The van der Waals surface area contributed by atoms with Gasteiger partial charge in [0.2, 0.25) is 17.7 Å². The van der Waals surface area contributed by atoms with Crippen molar-refractivity contribution in [1.29, 1.82) is 0 Å². The van der Waals surface area contributed by atoms with Crippen LogP contribution in [-0.2, 0) is 22.6 Å². The maximum Gasteiger partial charge on any atom is 0.228 e. The molecule has 29 heavy (non-hydrogen) atoms. The summed E-state index contributed by atoms with van der Waals surface area (Å²) >= 11 is 0. The maximum absolute atomic E-state index is 12.2. The highest BCUT2D eigenvalue weighted by atomic mass is 16.4. The second-order valence-electron chi connectivity index (χ2n) is 6.86. The molecule has 0 saturated heterocycles. The average Bonchev–Trinajstić information content (AvgIpc) is 3.07. The summed E-state index contributed by atoms with van der Waals surface area (Å²) in [5.41, 5.74) is 3.24. The number of aryl methyl sites for hydroxylation is 2. The van der Waals surface area contributed by atoms with Crippen molar-refractivity contribution in [1.82, 2.24) is 10.3 Å². The topological polar surface area (TPSA) is 84.2 Å². The summed E-state index contributed by atoms with van der Waals surface area (Å²) in [6.45, 7) is 3.58. The molecule has 0 atom stereocenters. The molecule has 0 radical (unpaired) electrons. The van der Waals surface area contributed by atoms with Crippen LogP contribution >= 0.6 is 0 Å². The lowest BCUT2D eigenvalue weighted by Crippen LogP contribution is -2.23. The Morgan fingerprint density at radius 1 is 1.03 bits per heavy atom. The molecule has 2 aromatic carbocycles. The predicted octanol–water partition coefficient (Wildman–Crippen LogP) is 4.25. The van der Waals surface area contributed by atoms with E-state index >= 15 is 0 Å². The van der Waals surface area contributed by atoms with E-state index in [0.29, 0.717) is 41.6 Å². The molecule has 0 aliphatic carbocycles. The van der Waals surface area contributed by atoms with Gasteiger partial charge in [0.05, 0.1) is 17.8 Å². The smallest absolute Gasteiger partial charge is 0.228 e. The average molecular weight is 391 g/mol. The monoisotopic (exact) mass is 391 g/mol. The number of aromatic nitrogens is 1. The van der Waals surface area contributed by atoms with Crippen LogP contribution in [0.3, 0.4) is 0 Å². The van der Waals surface area contributed by atoms with Crippen LogP contribution in [0.1, 0.15) is 36.8 Å². The number of oxazole rings is 1. The molecule has 0 saturated carbocycles. The lowest BCUT2D eigenvalue weighted by Gasteiger charge is -2.06. The van der Waals surface area contributed by atoms with Crippen molar-refractivity contribution >= 4 is 17.5 Å². The number of anilines is 1. The Morgan fingerprint density at radius 2 is 1.76 bits per heavy atom. The van der Waals surface area contributed by atoms with Crippen molar-refractivity contribution in [3.05, 3.63) is 71.6 Å². The van der Waals surface area contributed by atoms with Crippen LogP contribution in [-0.4, -0.2) is 16.8 Å². The number of carbonyl (C=O) groups is 2. The van der Waals surface area contributed by atoms with Crippen LogP contribution in [0.4, 0.5) is 5.69 Å². The molecule has 3 rings (SSSR count). The Labute approximate surface area is 170 Å². The zero-order valence-corrected chi connectivity index (χ0v) is 16.7. The normalized spacial score (nSPS) is 10.6. The largest absolute Gasteiger partial charge is 0.441 e. The third kappa shape index (κ3) is 5.78. The predicted molar refractivity (Wildman–Crippen MR) is 112 cm³/mol. The van der Waals surface area contributed by atoms with Gasteiger partial charge in [-0.2, -0.15) is 0 Å². The summed E-state index contributed by atoms with van der Waals surface area (Å²) in [4.78, 5) is 28.1. The molecule has 1 heterocycles. The van der Waals surface area contributed by atoms with E-state index in [4.69, 9.17) is 4.42 Å². The van der Waals surface area contributed by atoms with Gasteiger partial charge in [0.25, 0.3) is 0 Å². The molecule has 6 nitrogen and oxygen atoms in total. The molecule has 0 unspecified atom stereocenters. The van der Waals surface area contributed by atoms with E-state index in [1.165, 1.54) is 12.5 Å². The van der Waals surface area contributed by atoms with Crippen molar-refractivity contribution in [3.8, 4) is 11.5 Å². The second kappa shape index (κ2) is 9.68. The van der Waals surface area contributed by atoms with Crippen LogP contribution in [0, 0.1) is 6.92 Å². The Kier molecular flexibility index (Phi) is 6.79. The number of hydrogen-bond acceptors (Lipinski definition) is 4. The van der Waals surface area contributed by atoms with Crippen molar-refractivity contribution in [2.75, 3.05) is 5.32 Å². The maximum atomic E-state index is 12.2. The third-order valence-electron chi connectivity index (χ3n) is 4.53. The summed E-state index contributed by atoms with van der Waals surface area (Å²) in [6.07, 6.45) is 2.13. The molecule has 3 aromatic rings. The minimum Gasteiger partial charge on any atom is -0.441 e. The molecule has 1 aromatic heterocycles. The van der Waals surface area contributed by atoms with Gasteiger partial charge in [0, 0.05) is 13.3 Å². The standard InChI is InChI=1S/C23H25N3O3/c1-16-21(15-24-22(28)14-8-11-18-9-4-3-5-10-18)26-23(29-16)19-12-6-7-13-20(19)25-17(2)27/h3-7,9-10,12-13H,8,11,14-15H2,1-2H3,(H,24,28)(H,25,27). The van der Waals surface area contributed by atoms with Gasteiger partial charge in [-0.1, -0.05) is 42.5 Å². The molecule has 0 spiro atoms. The third-order valence-corrected chi connectivity index (χ3v) is 4.53. The highest BCUT2D eigenvalue weighted by molar-refractivity contribution is 5.93. The molecule has 150 valence electrons. The van der Waals surface area contributed by atoms with E-state index in [9.17, 15) is 9.59 Å². The number of amides is 2. The van der Waals surface area contributed by atoms with Crippen molar-refractivity contribution in [2.45, 2.75) is 39.7 Å². The lowest BCUT2D eigenvalue weighted by molar-refractivity contribution is -0.121. The SMILES string of the molecule is CC(=O)Nc1ccccc1-c1nc(CNC(=O)CCCc2ccccc2)c(C)o1. The van der Waals surface area contributed by atoms with Crippen molar-refractivity contribution in [3.63, 3.8) is 0 Å². The second-order valence-corrected chi connectivity index (χ2v) is 6.86. The molecule has 0 aliphatic heterocycles. The van der Waals surface area contributed by atoms with Crippen LogP contribution in [0.5, 0.6) is 0 Å². The molecule has 0 aliphatic rings. The van der Waals surface area contributed by atoms with Crippen molar-refractivity contribution < 1.29 is 14.0 Å². The fourth-order valence-corrected chi connectivity index (χ4v) is 3.04. The number of para-hydroxylation sites is 1. The molecule has 2 N–H and O–H groups in total. The minimum atomic E-state index is -0.163. The van der Waals surface area contributed by atoms with Crippen LogP contribution < -0.4 is 10.6 Å². The molecular weight excluding hydrogens is 366 g/mol. The summed E-state index contributed by atoms with van der Waals surface area (Å²) in [5.74, 6) is 0.884. The number of hydrogen-bond donors (Lipinski definition) is 2. The number of benzene rings is 2. The number of nitrogens with one attached hydrogen (secondary N) is 2. The van der Waals surface area contributed by atoms with E-state index in [2.05, 4.69) is 27.8 Å². The highest BCUT2D eigenvalue weighted by Crippen LogP contribution is 2.28. The van der Waals surface area contributed by atoms with Crippen LogP contribution in [0.2, 0.25) is 0 Å². The van der Waals surface area contributed by atoms with Crippen LogP contribution in [0.15, 0.2) is 59.0 Å². The molecule has 6 heteroatoms. The van der Waals surface area contributed by atoms with Gasteiger partial charge in [-0.3, -0.25) is 9.59 Å². The van der Waals surface area contributed by atoms with Gasteiger partial charge >= 0.3 is 0 Å². The van der Waals surface area contributed by atoms with E-state index in [1.807, 2.05) is 43.3 Å². The zero-order valence-electron chi connectivity index (χ0n) is 16.7. The Hall–Kier alpha value is -3.41. The quantitative estimate of drug-likeness (QED) is 0.601. The van der Waals surface area contributed by atoms with Gasteiger partial charge < -0.3 is 15.1 Å². The molecule has 0 fully saturated rings. The molecule has 2 amide bonds. The fourth-order valence-electron chi connectivity index (χ4n) is 3.04. The Morgan fingerprint density at radius 3 is 2.52 bits per heavy atom. The minimum absolute atomic E-state index is 0.0106. The van der Waals surface area contributed by atoms with E-state index in [0.717, 1.165) is 12.8 Å². The first-order chi connectivity index (χ1) is 14.0. The Balaban J connectivity index is 1.57. The first-order valence-electron chi connectivity index (χ1n) is 9.67. The first-order valence-corrected chi connectivity index (χ1v) is 9.67. The van der Waals surface area contributed by atoms with Gasteiger partial charge in [-0.05, 0) is 37.5 Å². The van der Waals surface area contributed by atoms with Gasteiger partial charge in [-0.15, -0.1) is 0 Å². The first kappa shape index (κ1) is 20.3. The summed E-state index contributed by atoms with van der Waals surface area (Å²) in [5, 5.41) is 5.69. The summed E-state index contributed by atoms with van der Waals surface area (Å²) < 4.78 is 5.78. The highest BCUT2D eigenvalue weighted by Gasteiger charge is 2.15. The lowest BCUT2D eigenvalue weighted by atomic mass is 10.1. The van der Waals surface area contributed by atoms with Gasteiger partial charge in [-0.25, -0.2) is 4.98 Å². The number of carbonyl (C=O) groups excluding carboxylic acids is 2.